The molecule has 1 atom stereocenters. The molecule has 0 aliphatic heterocycles. The summed E-state index contributed by atoms with van der Waals surface area (Å²) in [5.41, 5.74) is 3.89. The van der Waals surface area contributed by atoms with Gasteiger partial charge in [-0.15, -0.1) is 0 Å². The number of aromatic nitrogens is 1. The van der Waals surface area contributed by atoms with Gasteiger partial charge in [-0.3, -0.25) is 4.98 Å². The molecule has 2 rings (SSSR count). The van der Waals surface area contributed by atoms with Crippen LogP contribution in [0.15, 0.2) is 12.1 Å². The second-order valence-electron chi connectivity index (χ2n) is 4.37. The molecule has 1 aromatic rings. The number of rotatable bonds is 1. The van der Waals surface area contributed by atoms with Gasteiger partial charge in [-0.2, -0.15) is 0 Å². The first-order valence-electron chi connectivity index (χ1n) is 6.31. The van der Waals surface area contributed by atoms with E-state index in [1.165, 1.54) is 30.5 Å². The molecule has 0 saturated heterocycles. The van der Waals surface area contributed by atoms with E-state index in [0.29, 0.717) is 6.04 Å². The summed E-state index contributed by atoms with van der Waals surface area (Å²) in [6, 6.07) is 4.89. The Hall–Kier alpha value is -0.890. The maximum atomic E-state index is 4.67. The van der Waals surface area contributed by atoms with Crippen molar-refractivity contribution in [2.24, 2.45) is 0 Å². The molecule has 16 heavy (non-hydrogen) atoms. The fraction of sp³-hybridized carbons (Fsp3) is 0.643. The Kier molecular flexibility index (Phi) is 4.94. The van der Waals surface area contributed by atoms with Crippen LogP contribution >= 0.6 is 0 Å². The van der Waals surface area contributed by atoms with Gasteiger partial charge in [-0.25, -0.2) is 0 Å². The quantitative estimate of drug-likeness (QED) is 0.721. The van der Waals surface area contributed by atoms with Crippen LogP contribution in [0.3, 0.4) is 0 Å². The van der Waals surface area contributed by atoms with Crippen LogP contribution in [0.1, 0.15) is 49.7 Å². The Morgan fingerprint density at radius 3 is 2.56 bits per heavy atom. The van der Waals surface area contributed by atoms with Gasteiger partial charge in [0.15, 0.2) is 0 Å². The largest absolute Gasteiger partial charge is 0.301 e. The molecule has 0 bridgehead atoms. The fourth-order valence-electron chi connectivity index (χ4n) is 2.23. The molecule has 0 saturated carbocycles. The first kappa shape index (κ1) is 13.2. The van der Waals surface area contributed by atoms with Gasteiger partial charge >= 0.3 is 0 Å². The standard InChI is InChI=1S/C12H18N2.C2H6/c1-9-7-8-10-5-4-6-11(14(2)3)12(10)13-9;1-2/h7-8,11H,4-6H2,1-3H3;1-2H3. The summed E-state index contributed by atoms with van der Waals surface area (Å²) in [6.07, 6.45) is 3.74. The molecule has 1 heterocycles. The Labute approximate surface area is 99.7 Å². The van der Waals surface area contributed by atoms with Gasteiger partial charge in [0.05, 0.1) is 11.7 Å². The van der Waals surface area contributed by atoms with Gasteiger partial charge < -0.3 is 4.90 Å². The zero-order valence-corrected chi connectivity index (χ0v) is 11.2. The van der Waals surface area contributed by atoms with E-state index in [0.717, 1.165) is 5.69 Å². The van der Waals surface area contributed by atoms with Gasteiger partial charge in [-0.05, 0) is 51.9 Å². The molecule has 0 radical (unpaired) electrons. The van der Waals surface area contributed by atoms with E-state index in [9.17, 15) is 0 Å². The fourth-order valence-corrected chi connectivity index (χ4v) is 2.23. The zero-order valence-electron chi connectivity index (χ0n) is 11.2. The molecule has 0 N–H and O–H groups in total. The van der Waals surface area contributed by atoms with E-state index >= 15 is 0 Å². The van der Waals surface area contributed by atoms with Crippen molar-refractivity contribution in [2.45, 2.75) is 46.1 Å². The van der Waals surface area contributed by atoms with Crippen molar-refractivity contribution in [2.75, 3.05) is 14.1 Å². The van der Waals surface area contributed by atoms with Gasteiger partial charge in [0.1, 0.15) is 0 Å². The van der Waals surface area contributed by atoms with E-state index in [1.54, 1.807) is 0 Å². The Morgan fingerprint density at radius 1 is 1.25 bits per heavy atom. The first-order valence-corrected chi connectivity index (χ1v) is 6.31. The minimum Gasteiger partial charge on any atom is -0.301 e. The van der Waals surface area contributed by atoms with Crippen molar-refractivity contribution in [1.29, 1.82) is 0 Å². The summed E-state index contributed by atoms with van der Waals surface area (Å²) >= 11 is 0. The average Bonchev–Trinajstić information content (AvgIpc) is 2.30. The monoisotopic (exact) mass is 220 g/mol. The zero-order chi connectivity index (χ0) is 12.1. The second kappa shape index (κ2) is 6.00. The van der Waals surface area contributed by atoms with Crippen LogP contribution in [-0.2, 0) is 6.42 Å². The maximum absolute atomic E-state index is 4.67. The molecule has 0 fully saturated rings. The lowest BCUT2D eigenvalue weighted by molar-refractivity contribution is 0.262. The molecule has 1 aliphatic rings. The van der Waals surface area contributed by atoms with Crippen LogP contribution in [-0.4, -0.2) is 24.0 Å². The number of fused-ring (bicyclic) bond motifs is 1. The lowest BCUT2D eigenvalue weighted by Crippen LogP contribution is -2.25. The Morgan fingerprint density at radius 2 is 1.94 bits per heavy atom. The third kappa shape index (κ3) is 2.82. The van der Waals surface area contributed by atoms with Crippen LogP contribution in [0.2, 0.25) is 0 Å². The molecule has 2 heteroatoms. The number of hydrogen-bond acceptors (Lipinski definition) is 2. The highest BCUT2D eigenvalue weighted by molar-refractivity contribution is 5.27. The molecular weight excluding hydrogens is 196 g/mol. The van der Waals surface area contributed by atoms with Crippen LogP contribution in [0.5, 0.6) is 0 Å². The lowest BCUT2D eigenvalue weighted by Gasteiger charge is -2.29. The molecule has 0 spiro atoms. The predicted molar refractivity (Wildman–Crippen MR) is 69.7 cm³/mol. The smallest absolute Gasteiger partial charge is 0.0610 e. The summed E-state index contributed by atoms with van der Waals surface area (Å²) < 4.78 is 0. The summed E-state index contributed by atoms with van der Waals surface area (Å²) in [4.78, 5) is 6.96. The number of nitrogens with zero attached hydrogens (tertiary/aromatic N) is 2. The van der Waals surface area contributed by atoms with Gasteiger partial charge in [0.2, 0.25) is 0 Å². The molecule has 90 valence electrons. The second-order valence-corrected chi connectivity index (χ2v) is 4.37. The number of pyridine rings is 1. The van der Waals surface area contributed by atoms with Crippen molar-refractivity contribution in [3.63, 3.8) is 0 Å². The molecule has 1 aromatic heterocycles. The van der Waals surface area contributed by atoms with Crippen molar-refractivity contribution in [3.05, 3.63) is 29.1 Å². The van der Waals surface area contributed by atoms with Gasteiger partial charge in [0, 0.05) is 5.69 Å². The van der Waals surface area contributed by atoms with Crippen molar-refractivity contribution >= 4 is 0 Å². The highest BCUT2D eigenvalue weighted by Crippen LogP contribution is 2.31. The summed E-state index contributed by atoms with van der Waals surface area (Å²) in [5.74, 6) is 0. The SMILES string of the molecule is CC.Cc1ccc2c(n1)C(N(C)C)CCC2. The average molecular weight is 220 g/mol. The van der Waals surface area contributed by atoms with Gasteiger partial charge in [-0.1, -0.05) is 19.9 Å². The summed E-state index contributed by atoms with van der Waals surface area (Å²) in [7, 11) is 4.29. The van der Waals surface area contributed by atoms with Gasteiger partial charge in [0.25, 0.3) is 0 Å². The van der Waals surface area contributed by atoms with E-state index in [-0.39, 0.29) is 0 Å². The number of aryl methyl sites for hydroxylation is 2. The molecule has 1 aliphatic carbocycles. The molecule has 2 nitrogen and oxygen atoms in total. The molecule has 0 amide bonds. The van der Waals surface area contributed by atoms with Crippen LogP contribution in [0.4, 0.5) is 0 Å². The summed E-state index contributed by atoms with van der Waals surface area (Å²) in [6.45, 7) is 6.07. The van der Waals surface area contributed by atoms with E-state index in [2.05, 4.69) is 43.0 Å². The molecule has 0 aromatic carbocycles. The van der Waals surface area contributed by atoms with Crippen LogP contribution in [0.25, 0.3) is 0 Å². The minimum atomic E-state index is 0.527. The van der Waals surface area contributed by atoms with E-state index < -0.39 is 0 Å². The highest BCUT2D eigenvalue weighted by atomic mass is 15.1. The van der Waals surface area contributed by atoms with Crippen LogP contribution in [0, 0.1) is 6.92 Å². The highest BCUT2D eigenvalue weighted by Gasteiger charge is 2.22. The summed E-state index contributed by atoms with van der Waals surface area (Å²) in [5, 5.41) is 0. The lowest BCUT2D eigenvalue weighted by atomic mass is 9.91. The first-order chi connectivity index (χ1) is 7.68. The Balaban J connectivity index is 0.000000606. The van der Waals surface area contributed by atoms with Crippen molar-refractivity contribution < 1.29 is 0 Å². The normalized spacial score (nSPS) is 18.8. The number of hydrogen-bond donors (Lipinski definition) is 0. The maximum Gasteiger partial charge on any atom is 0.0610 e. The van der Waals surface area contributed by atoms with E-state index in [1.807, 2.05) is 13.8 Å². The topological polar surface area (TPSA) is 16.1 Å². The van der Waals surface area contributed by atoms with E-state index in [4.69, 9.17) is 0 Å². The van der Waals surface area contributed by atoms with Crippen LogP contribution < -0.4 is 0 Å². The minimum absolute atomic E-state index is 0.527. The third-order valence-corrected chi connectivity index (χ3v) is 3.01. The Bertz CT molecular complexity index is 332. The van der Waals surface area contributed by atoms with Crippen molar-refractivity contribution in [1.82, 2.24) is 9.88 Å². The predicted octanol–water partition coefficient (Wildman–Crippen LogP) is 3.36. The molecule has 1 unspecified atom stereocenters. The molecular formula is C14H24N2. The third-order valence-electron chi connectivity index (χ3n) is 3.01. The van der Waals surface area contributed by atoms with Crippen molar-refractivity contribution in [3.8, 4) is 0 Å².